The molecule has 1 aromatic heterocycles. The molecule has 6 heteroatoms. The Morgan fingerprint density at radius 2 is 1.91 bits per heavy atom. The van der Waals surface area contributed by atoms with Gasteiger partial charge in [-0.2, -0.15) is 0 Å². The summed E-state index contributed by atoms with van der Waals surface area (Å²) in [6, 6.07) is 13.9. The molecule has 3 rings (SSSR count). The van der Waals surface area contributed by atoms with Crippen LogP contribution in [0, 0.1) is 5.82 Å². The SMILES string of the molecule is O=C(NCCc1ccccc1F)Nc1nc2ccccc2s1. The zero-order valence-corrected chi connectivity index (χ0v) is 12.5. The summed E-state index contributed by atoms with van der Waals surface area (Å²) in [5, 5.41) is 5.94. The summed E-state index contributed by atoms with van der Waals surface area (Å²) >= 11 is 1.41. The van der Waals surface area contributed by atoms with Crippen molar-refractivity contribution in [3.05, 3.63) is 59.9 Å². The molecule has 3 aromatic rings. The van der Waals surface area contributed by atoms with E-state index in [1.54, 1.807) is 18.2 Å². The number of carbonyl (C=O) groups is 1. The van der Waals surface area contributed by atoms with Gasteiger partial charge in [0, 0.05) is 6.54 Å². The molecule has 2 amide bonds. The molecule has 0 aliphatic carbocycles. The third kappa shape index (κ3) is 3.40. The highest BCUT2D eigenvalue weighted by atomic mass is 32.1. The van der Waals surface area contributed by atoms with E-state index in [0.717, 1.165) is 10.2 Å². The highest BCUT2D eigenvalue weighted by Gasteiger charge is 2.07. The fourth-order valence-corrected chi connectivity index (χ4v) is 2.94. The molecule has 4 nitrogen and oxygen atoms in total. The predicted molar refractivity (Wildman–Crippen MR) is 86.7 cm³/mol. The van der Waals surface area contributed by atoms with Crippen LogP contribution in [0.1, 0.15) is 5.56 Å². The molecule has 2 N–H and O–H groups in total. The molecule has 0 aliphatic heterocycles. The molecule has 0 aliphatic rings. The molecule has 0 unspecified atom stereocenters. The van der Waals surface area contributed by atoms with E-state index in [1.165, 1.54) is 17.4 Å². The number of para-hydroxylation sites is 1. The lowest BCUT2D eigenvalue weighted by Crippen LogP contribution is -2.30. The summed E-state index contributed by atoms with van der Waals surface area (Å²) in [5.41, 5.74) is 1.44. The lowest BCUT2D eigenvalue weighted by molar-refractivity contribution is 0.252. The third-order valence-electron chi connectivity index (χ3n) is 3.15. The Labute approximate surface area is 131 Å². The van der Waals surface area contributed by atoms with Crippen LogP contribution >= 0.6 is 11.3 Å². The van der Waals surface area contributed by atoms with Crippen molar-refractivity contribution in [1.82, 2.24) is 10.3 Å². The number of aromatic nitrogens is 1. The number of benzene rings is 2. The standard InChI is InChI=1S/C16H14FN3OS/c17-12-6-2-1-5-11(12)9-10-18-15(21)20-16-19-13-7-3-4-8-14(13)22-16/h1-8H,9-10H2,(H2,18,19,20,21). The summed E-state index contributed by atoms with van der Waals surface area (Å²) in [6.45, 7) is 0.359. The van der Waals surface area contributed by atoms with Gasteiger partial charge >= 0.3 is 6.03 Å². The first-order valence-corrected chi connectivity index (χ1v) is 7.68. The first-order valence-electron chi connectivity index (χ1n) is 6.86. The van der Waals surface area contributed by atoms with Crippen LogP contribution in [-0.4, -0.2) is 17.6 Å². The molecule has 112 valence electrons. The number of fused-ring (bicyclic) bond motifs is 1. The molecule has 0 fully saturated rings. The van der Waals surface area contributed by atoms with Crippen molar-refractivity contribution in [2.75, 3.05) is 11.9 Å². The normalized spacial score (nSPS) is 10.6. The molecule has 0 radical (unpaired) electrons. The summed E-state index contributed by atoms with van der Waals surface area (Å²) in [5.74, 6) is -0.254. The minimum atomic E-state index is -0.338. The monoisotopic (exact) mass is 315 g/mol. The van der Waals surface area contributed by atoms with Crippen LogP contribution in [0.4, 0.5) is 14.3 Å². The number of hydrogen-bond donors (Lipinski definition) is 2. The molecule has 2 aromatic carbocycles. The van der Waals surface area contributed by atoms with E-state index < -0.39 is 0 Å². The number of carbonyl (C=O) groups excluding carboxylic acids is 1. The van der Waals surface area contributed by atoms with Gasteiger partial charge in [-0.1, -0.05) is 41.7 Å². The number of nitrogens with one attached hydrogen (secondary N) is 2. The van der Waals surface area contributed by atoms with Crippen molar-refractivity contribution < 1.29 is 9.18 Å². The smallest absolute Gasteiger partial charge is 0.321 e. The van der Waals surface area contributed by atoms with Crippen molar-refractivity contribution >= 4 is 32.7 Å². The van der Waals surface area contributed by atoms with Crippen LogP contribution in [0.15, 0.2) is 48.5 Å². The second-order valence-electron chi connectivity index (χ2n) is 4.71. The van der Waals surface area contributed by atoms with Crippen LogP contribution in [0.25, 0.3) is 10.2 Å². The highest BCUT2D eigenvalue weighted by Crippen LogP contribution is 2.25. The quantitative estimate of drug-likeness (QED) is 0.769. The molecule has 1 heterocycles. The molecule has 0 bridgehead atoms. The van der Waals surface area contributed by atoms with Gasteiger partial charge in [0.25, 0.3) is 0 Å². The molecular formula is C16H14FN3OS. The van der Waals surface area contributed by atoms with Gasteiger partial charge in [-0.15, -0.1) is 0 Å². The Bertz CT molecular complexity index is 770. The maximum Gasteiger partial charge on any atom is 0.321 e. The first kappa shape index (κ1) is 14.5. The summed E-state index contributed by atoms with van der Waals surface area (Å²) in [7, 11) is 0. The van der Waals surface area contributed by atoms with Crippen LogP contribution in [0.2, 0.25) is 0 Å². The summed E-state index contributed by atoms with van der Waals surface area (Å²) in [6.07, 6.45) is 0.444. The van der Waals surface area contributed by atoms with Crippen LogP contribution in [-0.2, 0) is 6.42 Å². The second kappa shape index (κ2) is 6.53. The Kier molecular flexibility index (Phi) is 4.29. The number of urea groups is 1. The van der Waals surface area contributed by atoms with Gasteiger partial charge in [0.1, 0.15) is 5.82 Å². The minimum Gasteiger partial charge on any atom is -0.337 e. The summed E-state index contributed by atoms with van der Waals surface area (Å²) < 4.78 is 14.5. The van der Waals surface area contributed by atoms with Gasteiger partial charge in [0.05, 0.1) is 10.2 Å². The zero-order valence-electron chi connectivity index (χ0n) is 11.7. The van der Waals surface area contributed by atoms with E-state index in [1.807, 2.05) is 24.3 Å². The lowest BCUT2D eigenvalue weighted by atomic mass is 10.1. The maximum absolute atomic E-state index is 13.4. The van der Waals surface area contributed by atoms with Gasteiger partial charge in [0.15, 0.2) is 5.13 Å². The van der Waals surface area contributed by atoms with E-state index in [2.05, 4.69) is 15.6 Å². The number of amides is 2. The number of rotatable bonds is 4. The minimum absolute atomic E-state index is 0.254. The maximum atomic E-state index is 13.4. The van der Waals surface area contributed by atoms with Crippen molar-refractivity contribution in [3.63, 3.8) is 0 Å². The van der Waals surface area contributed by atoms with Crippen molar-refractivity contribution in [2.24, 2.45) is 0 Å². The number of thiazole rings is 1. The number of halogens is 1. The Morgan fingerprint density at radius 1 is 1.14 bits per heavy atom. The van der Waals surface area contributed by atoms with Crippen molar-refractivity contribution in [1.29, 1.82) is 0 Å². The molecule has 0 atom stereocenters. The molecule has 22 heavy (non-hydrogen) atoms. The van der Waals surface area contributed by atoms with E-state index >= 15 is 0 Å². The van der Waals surface area contributed by atoms with Crippen molar-refractivity contribution in [2.45, 2.75) is 6.42 Å². The Morgan fingerprint density at radius 3 is 2.73 bits per heavy atom. The van der Waals surface area contributed by atoms with E-state index in [-0.39, 0.29) is 11.8 Å². The topological polar surface area (TPSA) is 54.0 Å². The van der Waals surface area contributed by atoms with Gasteiger partial charge in [-0.05, 0) is 30.2 Å². The van der Waals surface area contributed by atoms with Crippen LogP contribution < -0.4 is 10.6 Å². The van der Waals surface area contributed by atoms with Gasteiger partial charge in [-0.3, -0.25) is 5.32 Å². The van der Waals surface area contributed by atoms with Crippen molar-refractivity contribution in [3.8, 4) is 0 Å². The lowest BCUT2D eigenvalue weighted by Gasteiger charge is -2.06. The molecule has 0 saturated heterocycles. The fraction of sp³-hybridized carbons (Fsp3) is 0.125. The molecule has 0 saturated carbocycles. The molecular weight excluding hydrogens is 301 g/mol. The number of hydrogen-bond acceptors (Lipinski definition) is 3. The van der Waals surface area contributed by atoms with E-state index in [0.29, 0.717) is 23.7 Å². The average Bonchev–Trinajstić information content (AvgIpc) is 2.91. The Balaban J connectivity index is 1.53. The summed E-state index contributed by atoms with van der Waals surface area (Å²) in [4.78, 5) is 16.1. The van der Waals surface area contributed by atoms with Gasteiger partial charge < -0.3 is 5.32 Å². The van der Waals surface area contributed by atoms with E-state index in [9.17, 15) is 9.18 Å². The van der Waals surface area contributed by atoms with Crippen LogP contribution in [0.3, 0.4) is 0 Å². The average molecular weight is 315 g/mol. The third-order valence-corrected chi connectivity index (χ3v) is 4.10. The fourth-order valence-electron chi connectivity index (χ4n) is 2.08. The number of anilines is 1. The molecule has 0 spiro atoms. The Hall–Kier alpha value is -2.47. The van der Waals surface area contributed by atoms with Gasteiger partial charge in [0.2, 0.25) is 0 Å². The van der Waals surface area contributed by atoms with Crippen LogP contribution in [0.5, 0.6) is 0 Å². The van der Waals surface area contributed by atoms with Gasteiger partial charge in [-0.25, -0.2) is 14.2 Å². The highest BCUT2D eigenvalue weighted by molar-refractivity contribution is 7.22. The zero-order chi connectivity index (χ0) is 15.4. The number of nitrogens with zero attached hydrogens (tertiary/aromatic N) is 1. The first-order chi connectivity index (χ1) is 10.7. The van der Waals surface area contributed by atoms with E-state index in [4.69, 9.17) is 0 Å². The largest absolute Gasteiger partial charge is 0.337 e. The predicted octanol–water partition coefficient (Wildman–Crippen LogP) is 3.80. The second-order valence-corrected chi connectivity index (χ2v) is 5.74.